The van der Waals surface area contributed by atoms with Gasteiger partial charge in [-0.15, -0.1) is 0 Å². The molecule has 0 amide bonds. The molecule has 1 aliphatic heterocycles. The summed E-state index contributed by atoms with van der Waals surface area (Å²) in [5.74, 6) is 0. The Kier molecular flexibility index (Phi) is 9.32. The van der Waals surface area contributed by atoms with E-state index in [4.69, 9.17) is 0 Å². The molecule has 0 spiro atoms. The van der Waals surface area contributed by atoms with Crippen molar-refractivity contribution >= 4 is 0 Å². The van der Waals surface area contributed by atoms with E-state index >= 15 is 0 Å². The summed E-state index contributed by atoms with van der Waals surface area (Å²) in [7, 11) is 0. The maximum absolute atomic E-state index is 2.55. The van der Waals surface area contributed by atoms with Crippen molar-refractivity contribution in [3.8, 4) is 0 Å². The van der Waals surface area contributed by atoms with Gasteiger partial charge in [0.05, 0.1) is 0 Å². The first-order valence-corrected chi connectivity index (χ1v) is 6.28. The van der Waals surface area contributed by atoms with E-state index in [2.05, 4.69) is 47.9 Å². The molecule has 1 saturated heterocycles. The van der Waals surface area contributed by atoms with E-state index in [1.807, 2.05) is 0 Å². The van der Waals surface area contributed by atoms with E-state index in [1.54, 1.807) is 0 Å². The maximum atomic E-state index is 2.55. The Morgan fingerprint density at radius 1 is 0.944 bits per heavy atom. The van der Waals surface area contributed by atoms with Crippen LogP contribution in [-0.2, 0) is 39.3 Å². The normalized spacial score (nSPS) is 16.8. The van der Waals surface area contributed by atoms with Gasteiger partial charge in [0.1, 0.15) is 0 Å². The molecule has 1 fully saturated rings. The van der Waals surface area contributed by atoms with E-state index in [1.165, 1.54) is 43.9 Å². The molecule has 0 aliphatic carbocycles. The number of hydrogen-bond acceptors (Lipinski definition) is 2. The van der Waals surface area contributed by atoms with Crippen molar-refractivity contribution in [3.05, 3.63) is 42.8 Å². The minimum absolute atomic E-state index is 0. The Hall–Kier alpha value is 0.244. The number of rotatable bonds is 3. The Morgan fingerprint density at radius 3 is 1.94 bits per heavy atom. The monoisotopic (exact) mass is 322 g/mol. The quantitative estimate of drug-likeness (QED) is 0.789. The summed E-state index contributed by atoms with van der Waals surface area (Å²) in [5.41, 5.74) is 2.79. The summed E-state index contributed by atoms with van der Waals surface area (Å²) >= 11 is 0. The summed E-state index contributed by atoms with van der Waals surface area (Å²) in [5, 5.41) is 0. The number of hydrogen-bond donors (Lipinski definition) is 0. The van der Waals surface area contributed by atoms with Crippen LogP contribution in [0.3, 0.4) is 0 Å². The van der Waals surface area contributed by atoms with Crippen LogP contribution in [0.15, 0.2) is 24.3 Å². The van der Waals surface area contributed by atoms with Crippen molar-refractivity contribution in [2.45, 2.75) is 20.4 Å². The minimum Gasteiger partial charge on any atom is -0.358 e. The van der Waals surface area contributed by atoms with Gasteiger partial charge in [0.15, 0.2) is 0 Å². The van der Waals surface area contributed by atoms with E-state index in [-0.39, 0.29) is 40.1 Å². The zero-order valence-corrected chi connectivity index (χ0v) is 14.9. The van der Waals surface area contributed by atoms with Crippen LogP contribution in [0.25, 0.3) is 0 Å². The van der Waals surface area contributed by atoms with Crippen LogP contribution in [-0.4, -0.2) is 42.5 Å². The van der Waals surface area contributed by atoms with Crippen LogP contribution < -0.4 is 0 Å². The SMILES string of the molecule is CCN1CCN(Cc2ccc(C)cc2)CC1.[CH3-].[Y]. The molecule has 0 aromatic heterocycles. The van der Waals surface area contributed by atoms with Crippen molar-refractivity contribution in [2.24, 2.45) is 0 Å². The van der Waals surface area contributed by atoms with Crippen LogP contribution in [0.1, 0.15) is 18.1 Å². The fraction of sp³-hybridized carbons (Fsp3) is 0.533. The maximum Gasteiger partial charge on any atom is 0.0234 e. The average Bonchev–Trinajstić information content (AvgIpc) is 2.33. The second-order valence-electron chi connectivity index (χ2n) is 4.70. The molecule has 99 valence electrons. The predicted octanol–water partition coefficient (Wildman–Crippen LogP) is 2.58. The zero-order valence-electron chi connectivity index (χ0n) is 12.0. The van der Waals surface area contributed by atoms with Crippen molar-refractivity contribution in [1.29, 1.82) is 0 Å². The summed E-state index contributed by atoms with van der Waals surface area (Å²) in [6.07, 6.45) is 0. The van der Waals surface area contributed by atoms with Crippen LogP contribution >= 0.6 is 0 Å². The number of nitrogens with zero attached hydrogens (tertiary/aromatic N) is 2. The van der Waals surface area contributed by atoms with Gasteiger partial charge in [-0.2, -0.15) is 0 Å². The molecule has 1 aromatic rings. The first kappa shape index (κ1) is 18.2. The van der Waals surface area contributed by atoms with Crippen LogP contribution in [0.4, 0.5) is 0 Å². The summed E-state index contributed by atoms with van der Waals surface area (Å²) in [4.78, 5) is 5.07. The second-order valence-corrected chi connectivity index (χ2v) is 4.70. The molecule has 2 nitrogen and oxygen atoms in total. The Bertz CT molecular complexity index is 316. The fourth-order valence-electron chi connectivity index (χ4n) is 2.22. The molecule has 1 aromatic carbocycles. The van der Waals surface area contributed by atoms with Gasteiger partial charge in [0, 0.05) is 65.4 Å². The largest absolute Gasteiger partial charge is 0.358 e. The summed E-state index contributed by atoms with van der Waals surface area (Å²) in [6.45, 7) is 11.6. The molecule has 1 heterocycles. The van der Waals surface area contributed by atoms with E-state index in [0.29, 0.717) is 0 Å². The smallest absolute Gasteiger partial charge is 0.0234 e. The van der Waals surface area contributed by atoms with Crippen molar-refractivity contribution in [1.82, 2.24) is 9.80 Å². The Labute approximate surface area is 138 Å². The molecule has 2 rings (SSSR count). The first-order valence-electron chi connectivity index (χ1n) is 6.28. The van der Waals surface area contributed by atoms with Gasteiger partial charge in [-0.25, -0.2) is 0 Å². The molecule has 0 saturated carbocycles. The van der Waals surface area contributed by atoms with E-state index in [9.17, 15) is 0 Å². The van der Waals surface area contributed by atoms with Crippen molar-refractivity contribution in [3.63, 3.8) is 0 Å². The average molecular weight is 322 g/mol. The zero-order chi connectivity index (χ0) is 11.4. The third-order valence-corrected chi connectivity index (χ3v) is 3.44. The molecule has 3 heteroatoms. The van der Waals surface area contributed by atoms with Crippen molar-refractivity contribution < 1.29 is 32.7 Å². The molecular weight excluding hydrogens is 297 g/mol. The molecule has 0 bridgehead atoms. The van der Waals surface area contributed by atoms with Gasteiger partial charge in [0.25, 0.3) is 0 Å². The van der Waals surface area contributed by atoms with Gasteiger partial charge in [-0.05, 0) is 19.0 Å². The standard InChI is InChI=1S/C14H22N2.CH3.Y/c1-3-15-8-10-16(11-9-15)12-14-6-4-13(2)5-7-14;;/h4-7H,3,8-12H2,1-2H3;1H3;/q;-1;. The molecule has 1 aliphatic rings. The van der Waals surface area contributed by atoms with Gasteiger partial charge >= 0.3 is 0 Å². The molecule has 0 N–H and O–H groups in total. The van der Waals surface area contributed by atoms with Crippen LogP contribution in [0.5, 0.6) is 0 Å². The second kappa shape index (κ2) is 9.20. The van der Waals surface area contributed by atoms with Gasteiger partial charge in [0.2, 0.25) is 0 Å². The molecule has 0 atom stereocenters. The number of aryl methyl sites for hydroxylation is 1. The van der Waals surface area contributed by atoms with E-state index < -0.39 is 0 Å². The summed E-state index contributed by atoms with van der Waals surface area (Å²) in [6, 6.07) is 8.91. The van der Waals surface area contributed by atoms with Crippen molar-refractivity contribution in [2.75, 3.05) is 32.7 Å². The van der Waals surface area contributed by atoms with Gasteiger partial charge in [-0.3, -0.25) is 4.90 Å². The third kappa shape index (κ3) is 5.48. The topological polar surface area (TPSA) is 6.48 Å². The summed E-state index contributed by atoms with van der Waals surface area (Å²) < 4.78 is 0. The molecule has 0 unspecified atom stereocenters. The third-order valence-electron chi connectivity index (χ3n) is 3.44. The predicted molar refractivity (Wildman–Crippen MR) is 75.0 cm³/mol. The Morgan fingerprint density at radius 2 is 1.44 bits per heavy atom. The minimum atomic E-state index is 0. The van der Waals surface area contributed by atoms with Crippen LogP contribution in [0, 0.1) is 14.4 Å². The van der Waals surface area contributed by atoms with Crippen LogP contribution in [0.2, 0.25) is 0 Å². The number of benzene rings is 1. The van der Waals surface area contributed by atoms with E-state index in [0.717, 1.165) is 6.54 Å². The molecule has 18 heavy (non-hydrogen) atoms. The number of piperazine rings is 1. The Balaban J connectivity index is 0.00000144. The van der Waals surface area contributed by atoms with Gasteiger partial charge < -0.3 is 12.3 Å². The first-order chi connectivity index (χ1) is 7.78. The molecular formula is C15H25N2Y-. The fourth-order valence-corrected chi connectivity index (χ4v) is 2.22. The molecule has 1 radical (unpaired) electrons. The van der Waals surface area contributed by atoms with Gasteiger partial charge in [-0.1, -0.05) is 36.8 Å². The number of likely N-dealkylation sites (N-methyl/N-ethyl adjacent to an activating group) is 1.